The Labute approximate surface area is 123 Å². The average Bonchev–Trinajstić information content (AvgIpc) is 2.94. The molecular formula is C16H30N4. The van der Waals surface area contributed by atoms with Gasteiger partial charge in [0.15, 0.2) is 0 Å². The van der Waals surface area contributed by atoms with Crippen molar-refractivity contribution in [2.75, 3.05) is 0 Å². The molecule has 1 heterocycles. The highest BCUT2D eigenvalue weighted by Crippen LogP contribution is 2.27. The van der Waals surface area contributed by atoms with Crippen LogP contribution in [0.4, 0.5) is 0 Å². The third-order valence-electron chi connectivity index (χ3n) is 4.69. The maximum absolute atomic E-state index is 5.72. The first kappa shape index (κ1) is 15.5. The van der Waals surface area contributed by atoms with Crippen molar-refractivity contribution in [1.29, 1.82) is 0 Å². The molecule has 2 unspecified atom stereocenters. The van der Waals surface area contributed by atoms with E-state index in [1.165, 1.54) is 50.6 Å². The van der Waals surface area contributed by atoms with Crippen LogP contribution < -0.4 is 11.3 Å². The van der Waals surface area contributed by atoms with Crippen LogP contribution in [0.15, 0.2) is 12.3 Å². The predicted octanol–water partition coefficient (Wildman–Crippen LogP) is 3.20. The minimum absolute atomic E-state index is 0.324. The van der Waals surface area contributed by atoms with Gasteiger partial charge in [0.1, 0.15) is 0 Å². The molecule has 20 heavy (non-hydrogen) atoms. The zero-order valence-corrected chi connectivity index (χ0v) is 13.0. The quantitative estimate of drug-likeness (QED) is 0.595. The smallest absolute Gasteiger partial charge is 0.0640 e. The average molecular weight is 278 g/mol. The molecule has 1 aromatic rings. The Balaban J connectivity index is 1.93. The van der Waals surface area contributed by atoms with E-state index in [0.29, 0.717) is 18.0 Å². The summed E-state index contributed by atoms with van der Waals surface area (Å²) in [5.74, 6) is 6.30. The highest BCUT2D eigenvalue weighted by atomic mass is 15.3. The van der Waals surface area contributed by atoms with Gasteiger partial charge in [-0.15, -0.1) is 0 Å². The van der Waals surface area contributed by atoms with E-state index in [-0.39, 0.29) is 0 Å². The monoisotopic (exact) mass is 278 g/mol. The molecular weight excluding hydrogens is 248 g/mol. The SMILES string of the molecule is CCCC(C)C(Cc1ccn(C2CCCCC2)n1)NN. The summed E-state index contributed by atoms with van der Waals surface area (Å²) in [6.07, 6.45) is 12.1. The second kappa shape index (κ2) is 7.79. The molecule has 1 fully saturated rings. The molecule has 4 heteroatoms. The van der Waals surface area contributed by atoms with Crippen molar-refractivity contribution in [3.05, 3.63) is 18.0 Å². The van der Waals surface area contributed by atoms with Crippen molar-refractivity contribution in [1.82, 2.24) is 15.2 Å². The largest absolute Gasteiger partial charge is 0.271 e. The zero-order valence-electron chi connectivity index (χ0n) is 13.0. The highest BCUT2D eigenvalue weighted by molar-refractivity contribution is 5.03. The maximum atomic E-state index is 5.72. The molecule has 0 radical (unpaired) electrons. The number of aromatic nitrogens is 2. The molecule has 0 aliphatic heterocycles. The van der Waals surface area contributed by atoms with Crippen LogP contribution in [0.1, 0.15) is 70.5 Å². The van der Waals surface area contributed by atoms with Gasteiger partial charge in [-0.3, -0.25) is 16.0 Å². The van der Waals surface area contributed by atoms with E-state index >= 15 is 0 Å². The molecule has 1 aromatic heterocycles. The summed E-state index contributed by atoms with van der Waals surface area (Å²) in [6.45, 7) is 4.49. The Bertz CT molecular complexity index is 382. The molecule has 1 aliphatic carbocycles. The summed E-state index contributed by atoms with van der Waals surface area (Å²) in [5.41, 5.74) is 4.14. The maximum Gasteiger partial charge on any atom is 0.0640 e. The Morgan fingerprint density at radius 1 is 1.40 bits per heavy atom. The molecule has 2 atom stereocenters. The Morgan fingerprint density at radius 3 is 2.80 bits per heavy atom. The van der Waals surface area contributed by atoms with Gasteiger partial charge in [0.05, 0.1) is 11.7 Å². The third-order valence-corrected chi connectivity index (χ3v) is 4.69. The van der Waals surface area contributed by atoms with E-state index in [1.807, 2.05) is 0 Å². The van der Waals surface area contributed by atoms with Gasteiger partial charge in [-0.1, -0.05) is 39.5 Å². The van der Waals surface area contributed by atoms with Gasteiger partial charge < -0.3 is 0 Å². The van der Waals surface area contributed by atoms with Crippen LogP contribution in [0.25, 0.3) is 0 Å². The lowest BCUT2D eigenvalue weighted by atomic mass is 9.94. The van der Waals surface area contributed by atoms with Crippen LogP contribution in [0, 0.1) is 5.92 Å². The Hall–Kier alpha value is -0.870. The van der Waals surface area contributed by atoms with Crippen LogP contribution in [0.5, 0.6) is 0 Å². The number of hydrazine groups is 1. The van der Waals surface area contributed by atoms with Crippen molar-refractivity contribution in [2.45, 2.75) is 77.3 Å². The van der Waals surface area contributed by atoms with E-state index in [4.69, 9.17) is 10.9 Å². The van der Waals surface area contributed by atoms with Crippen LogP contribution >= 0.6 is 0 Å². The number of hydrogen-bond acceptors (Lipinski definition) is 3. The number of nitrogens with one attached hydrogen (secondary N) is 1. The molecule has 0 spiro atoms. The zero-order chi connectivity index (χ0) is 14.4. The fraction of sp³-hybridized carbons (Fsp3) is 0.812. The van der Waals surface area contributed by atoms with E-state index < -0.39 is 0 Å². The third kappa shape index (κ3) is 4.06. The number of nitrogens with two attached hydrogens (primary N) is 1. The normalized spacial score (nSPS) is 19.9. The molecule has 4 nitrogen and oxygen atoms in total. The summed E-state index contributed by atoms with van der Waals surface area (Å²) < 4.78 is 2.19. The minimum atomic E-state index is 0.324. The summed E-state index contributed by atoms with van der Waals surface area (Å²) in [5, 5.41) is 4.79. The number of hydrogen-bond donors (Lipinski definition) is 2. The van der Waals surface area contributed by atoms with Crippen LogP contribution in [-0.2, 0) is 6.42 Å². The Morgan fingerprint density at radius 2 is 2.15 bits per heavy atom. The predicted molar refractivity (Wildman–Crippen MR) is 83.2 cm³/mol. The second-order valence-electron chi connectivity index (χ2n) is 6.32. The van der Waals surface area contributed by atoms with Crippen molar-refractivity contribution < 1.29 is 0 Å². The first-order chi connectivity index (χ1) is 9.74. The summed E-state index contributed by atoms with van der Waals surface area (Å²) in [6, 6.07) is 3.11. The molecule has 0 saturated heterocycles. The number of nitrogens with zero attached hydrogens (tertiary/aromatic N) is 2. The van der Waals surface area contributed by atoms with Gasteiger partial charge in [0.25, 0.3) is 0 Å². The van der Waals surface area contributed by atoms with Crippen LogP contribution in [0.2, 0.25) is 0 Å². The second-order valence-corrected chi connectivity index (χ2v) is 6.32. The number of rotatable bonds is 7. The first-order valence-corrected chi connectivity index (χ1v) is 8.24. The van der Waals surface area contributed by atoms with Gasteiger partial charge in [0, 0.05) is 18.7 Å². The fourth-order valence-corrected chi connectivity index (χ4v) is 3.34. The lowest BCUT2D eigenvalue weighted by molar-refractivity contribution is 0.323. The molecule has 114 valence electrons. The topological polar surface area (TPSA) is 55.9 Å². The van der Waals surface area contributed by atoms with Gasteiger partial charge in [0.2, 0.25) is 0 Å². The lowest BCUT2D eigenvalue weighted by Crippen LogP contribution is -2.41. The van der Waals surface area contributed by atoms with Crippen LogP contribution in [-0.4, -0.2) is 15.8 Å². The van der Waals surface area contributed by atoms with Crippen LogP contribution in [0.3, 0.4) is 0 Å². The molecule has 3 N–H and O–H groups in total. The van der Waals surface area contributed by atoms with E-state index in [9.17, 15) is 0 Å². The molecule has 0 amide bonds. The molecule has 0 bridgehead atoms. The molecule has 1 aliphatic rings. The van der Waals surface area contributed by atoms with Gasteiger partial charge in [-0.25, -0.2) is 0 Å². The first-order valence-electron chi connectivity index (χ1n) is 8.24. The molecule has 2 rings (SSSR count). The van der Waals surface area contributed by atoms with E-state index in [2.05, 4.69) is 36.2 Å². The highest BCUT2D eigenvalue weighted by Gasteiger charge is 2.19. The standard InChI is InChI=1S/C16H30N4/c1-3-7-13(2)16(18-17)12-14-10-11-20(19-14)15-8-5-4-6-9-15/h10-11,13,15-16,18H,3-9,12,17H2,1-2H3. The minimum Gasteiger partial charge on any atom is -0.271 e. The van der Waals surface area contributed by atoms with E-state index in [1.54, 1.807) is 0 Å². The van der Waals surface area contributed by atoms with Gasteiger partial charge >= 0.3 is 0 Å². The van der Waals surface area contributed by atoms with Gasteiger partial charge in [-0.2, -0.15) is 5.10 Å². The van der Waals surface area contributed by atoms with Crippen molar-refractivity contribution in [3.63, 3.8) is 0 Å². The lowest BCUT2D eigenvalue weighted by Gasteiger charge is -2.23. The van der Waals surface area contributed by atoms with Crippen molar-refractivity contribution >= 4 is 0 Å². The van der Waals surface area contributed by atoms with Crippen molar-refractivity contribution in [2.24, 2.45) is 11.8 Å². The van der Waals surface area contributed by atoms with Gasteiger partial charge in [-0.05, 0) is 31.2 Å². The summed E-state index contributed by atoms with van der Waals surface area (Å²) in [7, 11) is 0. The summed E-state index contributed by atoms with van der Waals surface area (Å²) in [4.78, 5) is 0. The van der Waals surface area contributed by atoms with E-state index in [0.717, 1.165) is 6.42 Å². The molecule has 0 aromatic carbocycles. The fourth-order valence-electron chi connectivity index (χ4n) is 3.34. The van der Waals surface area contributed by atoms with Crippen molar-refractivity contribution in [3.8, 4) is 0 Å². The summed E-state index contributed by atoms with van der Waals surface area (Å²) >= 11 is 0. The Kier molecular flexibility index (Phi) is 6.05. The molecule has 1 saturated carbocycles.